The van der Waals surface area contributed by atoms with Gasteiger partial charge in [0, 0.05) is 25.7 Å². The van der Waals surface area contributed by atoms with Crippen molar-refractivity contribution < 1.29 is 22.1 Å². The van der Waals surface area contributed by atoms with E-state index in [9.17, 15) is 17.6 Å². The lowest BCUT2D eigenvalue weighted by Crippen LogP contribution is -2.45. The molecule has 0 spiro atoms. The zero-order valence-electron chi connectivity index (χ0n) is 20.9. The summed E-state index contributed by atoms with van der Waals surface area (Å²) >= 11 is 0. The summed E-state index contributed by atoms with van der Waals surface area (Å²) < 4.78 is 45.9. The van der Waals surface area contributed by atoms with Gasteiger partial charge in [0.1, 0.15) is 5.82 Å². The minimum absolute atomic E-state index is 0.0132. The van der Waals surface area contributed by atoms with Crippen molar-refractivity contribution in [2.45, 2.75) is 50.5 Å². The first kappa shape index (κ1) is 26.0. The van der Waals surface area contributed by atoms with Gasteiger partial charge in [-0.15, -0.1) is 0 Å². The Labute approximate surface area is 211 Å². The van der Waals surface area contributed by atoms with E-state index in [4.69, 9.17) is 4.52 Å². The van der Waals surface area contributed by atoms with E-state index in [1.807, 2.05) is 24.3 Å². The number of rotatable bonds is 6. The number of nitrogens with zero attached hydrogens (tertiary/aromatic N) is 4. The fraction of sp³-hybridized carbons (Fsp3) is 0.423. The average Bonchev–Trinajstić information content (AvgIpc) is 3.32. The number of benzene rings is 2. The highest BCUT2D eigenvalue weighted by atomic mass is 32.2. The molecular weight excluding hydrogens is 483 g/mol. The summed E-state index contributed by atoms with van der Waals surface area (Å²) in [5.41, 5.74) is 2.06. The number of carbonyl (C=O) groups excluding carboxylic acids is 1. The molecule has 2 aromatic carbocycles. The van der Waals surface area contributed by atoms with Crippen LogP contribution in [0, 0.1) is 11.7 Å². The van der Waals surface area contributed by atoms with E-state index < -0.39 is 21.8 Å². The van der Waals surface area contributed by atoms with E-state index in [2.05, 4.69) is 30.9 Å². The molecule has 0 radical (unpaired) electrons. The highest BCUT2D eigenvalue weighted by Crippen LogP contribution is 2.27. The molecule has 192 valence electrons. The van der Waals surface area contributed by atoms with Gasteiger partial charge < -0.3 is 9.42 Å². The van der Waals surface area contributed by atoms with E-state index in [1.54, 1.807) is 7.05 Å². The van der Waals surface area contributed by atoms with Crippen LogP contribution >= 0.6 is 0 Å². The molecule has 1 aliphatic rings. The molecular formula is C26H31FN4O4S. The number of aromatic nitrogens is 2. The van der Waals surface area contributed by atoms with Gasteiger partial charge in [-0.05, 0) is 48.1 Å². The summed E-state index contributed by atoms with van der Waals surface area (Å²) in [4.78, 5) is 19.1. The molecule has 1 fully saturated rings. The van der Waals surface area contributed by atoms with Crippen LogP contribution in [-0.2, 0) is 26.8 Å². The Kier molecular flexibility index (Phi) is 7.28. The molecule has 2 heterocycles. The molecule has 36 heavy (non-hydrogen) atoms. The lowest BCUT2D eigenvalue weighted by Gasteiger charge is -2.33. The summed E-state index contributed by atoms with van der Waals surface area (Å²) in [5.74, 6) is -0.448. The standard InChI is InChI=1S/C26H31FN4O4S/c1-26(2,3)20-9-7-18(8-10-20)24-28-23(35-29-24)17-30(4)25(32)19-6-5-15-31(16-19)36(33,34)22-13-11-21(27)12-14-22/h7-14,19H,5-6,15-17H2,1-4H3/t19-/m1/s1. The molecule has 0 saturated carbocycles. The Morgan fingerprint density at radius 1 is 1.14 bits per heavy atom. The highest BCUT2D eigenvalue weighted by Gasteiger charge is 2.34. The van der Waals surface area contributed by atoms with Crippen molar-refractivity contribution in [3.8, 4) is 11.4 Å². The number of sulfonamides is 1. The van der Waals surface area contributed by atoms with Gasteiger partial charge in [0.2, 0.25) is 27.6 Å². The third-order valence-corrected chi connectivity index (χ3v) is 8.29. The molecule has 0 aliphatic carbocycles. The normalized spacial score (nSPS) is 17.2. The Balaban J connectivity index is 1.40. The maximum absolute atomic E-state index is 13.2. The maximum atomic E-state index is 13.2. The summed E-state index contributed by atoms with van der Waals surface area (Å²) in [6, 6.07) is 12.7. The second-order valence-electron chi connectivity index (χ2n) is 10.2. The fourth-order valence-corrected chi connectivity index (χ4v) is 5.79. The van der Waals surface area contributed by atoms with Crippen molar-refractivity contribution in [2.75, 3.05) is 20.1 Å². The monoisotopic (exact) mass is 514 g/mol. The summed E-state index contributed by atoms with van der Waals surface area (Å²) in [6.45, 7) is 6.93. The zero-order valence-corrected chi connectivity index (χ0v) is 21.8. The van der Waals surface area contributed by atoms with Crippen LogP contribution in [0.25, 0.3) is 11.4 Å². The topological polar surface area (TPSA) is 96.6 Å². The lowest BCUT2D eigenvalue weighted by molar-refractivity contribution is -0.136. The first-order valence-electron chi connectivity index (χ1n) is 11.9. The number of halogens is 1. The summed E-state index contributed by atoms with van der Waals surface area (Å²) in [7, 11) is -2.18. The van der Waals surface area contributed by atoms with E-state index in [1.165, 1.54) is 26.9 Å². The van der Waals surface area contributed by atoms with Gasteiger partial charge in [-0.2, -0.15) is 9.29 Å². The third kappa shape index (κ3) is 5.65. The van der Waals surface area contributed by atoms with Crippen molar-refractivity contribution in [3.63, 3.8) is 0 Å². The van der Waals surface area contributed by atoms with Gasteiger partial charge in [-0.1, -0.05) is 50.2 Å². The lowest BCUT2D eigenvalue weighted by atomic mass is 9.87. The van der Waals surface area contributed by atoms with Crippen molar-refractivity contribution >= 4 is 15.9 Å². The van der Waals surface area contributed by atoms with Crippen LogP contribution in [0.4, 0.5) is 4.39 Å². The molecule has 1 amide bonds. The van der Waals surface area contributed by atoms with Crippen LogP contribution in [0.2, 0.25) is 0 Å². The van der Waals surface area contributed by atoms with E-state index >= 15 is 0 Å². The fourth-order valence-electron chi connectivity index (χ4n) is 4.27. The molecule has 4 rings (SSSR count). The largest absolute Gasteiger partial charge is 0.337 e. The van der Waals surface area contributed by atoms with Gasteiger partial charge in [0.25, 0.3) is 0 Å². The van der Waals surface area contributed by atoms with Crippen LogP contribution < -0.4 is 0 Å². The molecule has 1 atom stereocenters. The first-order chi connectivity index (χ1) is 16.9. The number of piperidine rings is 1. The van der Waals surface area contributed by atoms with Gasteiger partial charge in [0.05, 0.1) is 17.4 Å². The van der Waals surface area contributed by atoms with Crippen LogP contribution in [0.3, 0.4) is 0 Å². The molecule has 3 aromatic rings. The third-order valence-electron chi connectivity index (χ3n) is 6.41. The van der Waals surface area contributed by atoms with Crippen molar-refractivity contribution in [2.24, 2.45) is 5.92 Å². The highest BCUT2D eigenvalue weighted by molar-refractivity contribution is 7.89. The molecule has 8 nitrogen and oxygen atoms in total. The Hall–Kier alpha value is -3.11. The number of carbonyl (C=O) groups is 1. The van der Waals surface area contributed by atoms with Gasteiger partial charge >= 0.3 is 0 Å². The van der Waals surface area contributed by atoms with Crippen LogP contribution in [-0.4, -0.2) is 53.8 Å². The number of amides is 1. The second-order valence-corrected chi connectivity index (χ2v) is 12.1. The van der Waals surface area contributed by atoms with Crippen molar-refractivity contribution in [1.29, 1.82) is 0 Å². The van der Waals surface area contributed by atoms with Crippen LogP contribution in [0.15, 0.2) is 57.9 Å². The molecule has 0 N–H and O–H groups in total. The molecule has 1 aromatic heterocycles. The Morgan fingerprint density at radius 3 is 2.44 bits per heavy atom. The van der Waals surface area contributed by atoms with E-state index in [0.29, 0.717) is 31.1 Å². The first-order valence-corrected chi connectivity index (χ1v) is 13.3. The zero-order chi connectivity index (χ0) is 26.1. The quantitative estimate of drug-likeness (QED) is 0.488. The average molecular weight is 515 g/mol. The van der Waals surface area contributed by atoms with E-state index in [-0.39, 0.29) is 29.3 Å². The minimum atomic E-state index is -3.81. The van der Waals surface area contributed by atoms with Gasteiger partial charge in [0.15, 0.2) is 0 Å². The molecule has 0 unspecified atom stereocenters. The SMILES string of the molecule is CN(Cc1nc(-c2ccc(C(C)(C)C)cc2)no1)C(=O)[C@@H]1CCCN(S(=O)(=O)c2ccc(F)cc2)C1. The van der Waals surface area contributed by atoms with Gasteiger partial charge in [-0.3, -0.25) is 4.79 Å². The Bertz CT molecular complexity index is 1320. The maximum Gasteiger partial charge on any atom is 0.246 e. The van der Waals surface area contributed by atoms with Crippen molar-refractivity contribution in [3.05, 3.63) is 65.8 Å². The number of hydrogen-bond donors (Lipinski definition) is 0. The molecule has 0 bridgehead atoms. The molecule has 10 heteroatoms. The summed E-state index contributed by atoms with van der Waals surface area (Å²) in [6.07, 6.45) is 1.13. The van der Waals surface area contributed by atoms with Gasteiger partial charge in [-0.25, -0.2) is 12.8 Å². The second kappa shape index (κ2) is 10.1. The molecule has 1 aliphatic heterocycles. The number of hydrogen-bond acceptors (Lipinski definition) is 6. The smallest absolute Gasteiger partial charge is 0.246 e. The summed E-state index contributed by atoms with van der Waals surface area (Å²) in [5, 5.41) is 4.05. The predicted octanol–water partition coefficient (Wildman–Crippen LogP) is 4.23. The van der Waals surface area contributed by atoms with Crippen LogP contribution in [0.5, 0.6) is 0 Å². The minimum Gasteiger partial charge on any atom is -0.337 e. The Morgan fingerprint density at radius 2 is 1.81 bits per heavy atom. The van der Waals surface area contributed by atoms with Crippen molar-refractivity contribution in [1.82, 2.24) is 19.3 Å². The predicted molar refractivity (Wildman–Crippen MR) is 133 cm³/mol. The van der Waals surface area contributed by atoms with Crippen LogP contribution in [0.1, 0.15) is 45.1 Å². The van der Waals surface area contributed by atoms with E-state index in [0.717, 1.165) is 17.7 Å². The molecule has 1 saturated heterocycles.